The van der Waals surface area contributed by atoms with Crippen LogP contribution in [0.3, 0.4) is 0 Å². The molecule has 3 heterocycles. The Morgan fingerprint density at radius 2 is 1.78 bits per heavy atom. The van der Waals surface area contributed by atoms with Gasteiger partial charge in [-0.25, -0.2) is 0 Å². The highest BCUT2D eigenvalue weighted by molar-refractivity contribution is 5.73. The number of nitrogens with zero attached hydrogens (tertiary/aromatic N) is 6. The van der Waals surface area contributed by atoms with Gasteiger partial charge in [0.05, 0.1) is 0 Å². The zero-order valence-electron chi connectivity index (χ0n) is 15.5. The largest absolute Gasteiger partial charge is 0.453 e. The Labute approximate surface area is 154 Å². The molecule has 1 N–H and O–H groups in total. The molecule has 11 heteroatoms. The lowest BCUT2D eigenvalue weighted by Crippen LogP contribution is -2.49. The minimum atomic E-state index is -4.62. The molecule has 0 bridgehead atoms. The van der Waals surface area contributed by atoms with Crippen LogP contribution in [0.2, 0.25) is 0 Å². The lowest BCUT2D eigenvalue weighted by Gasteiger charge is -2.34. The summed E-state index contributed by atoms with van der Waals surface area (Å²) in [5.41, 5.74) is 1.45. The van der Waals surface area contributed by atoms with Crippen LogP contribution in [-0.2, 0) is 11.0 Å². The summed E-state index contributed by atoms with van der Waals surface area (Å²) in [5.74, 6) is -0.678. The number of anilines is 1. The fraction of sp³-hybridized carbons (Fsp3) is 0.625. The van der Waals surface area contributed by atoms with E-state index in [-0.39, 0.29) is 11.6 Å². The van der Waals surface area contributed by atoms with Gasteiger partial charge in [0.15, 0.2) is 5.65 Å². The highest BCUT2D eigenvalue weighted by atomic mass is 19.4. The molecular formula is C16H22F3N7O. The molecule has 148 valence electrons. The maximum atomic E-state index is 13.1. The molecule has 2 aromatic heterocycles. The molecule has 1 fully saturated rings. The Morgan fingerprint density at radius 1 is 1.11 bits per heavy atom. The Hall–Kier alpha value is -2.43. The molecule has 27 heavy (non-hydrogen) atoms. The number of piperazine rings is 1. The molecule has 2 aromatic rings. The van der Waals surface area contributed by atoms with Crippen molar-refractivity contribution in [3.63, 3.8) is 0 Å². The Morgan fingerprint density at radius 3 is 2.37 bits per heavy atom. The maximum absolute atomic E-state index is 13.1. The molecular weight excluding hydrogens is 363 g/mol. The van der Waals surface area contributed by atoms with Crippen molar-refractivity contribution in [1.29, 1.82) is 0 Å². The number of hydrogen-bond donors (Lipinski definition) is 1. The number of alkyl halides is 3. The lowest BCUT2D eigenvalue weighted by molar-refractivity contribution is -0.146. The van der Waals surface area contributed by atoms with Gasteiger partial charge in [0, 0.05) is 51.8 Å². The van der Waals surface area contributed by atoms with E-state index >= 15 is 0 Å². The third kappa shape index (κ3) is 3.97. The predicted molar refractivity (Wildman–Crippen MR) is 92.4 cm³/mol. The number of halogens is 3. The number of hydrogen-bond acceptors (Lipinski definition) is 6. The number of amides is 1. The van der Waals surface area contributed by atoms with Crippen LogP contribution in [-0.4, -0.2) is 74.8 Å². The van der Waals surface area contributed by atoms with E-state index in [9.17, 15) is 18.0 Å². The van der Waals surface area contributed by atoms with Crippen LogP contribution in [0.4, 0.5) is 19.0 Å². The summed E-state index contributed by atoms with van der Waals surface area (Å²) in [5, 5.41) is 14.1. The van der Waals surface area contributed by atoms with Gasteiger partial charge in [0.2, 0.25) is 5.91 Å². The van der Waals surface area contributed by atoms with Gasteiger partial charge in [-0.15, -0.1) is 15.3 Å². The van der Waals surface area contributed by atoms with E-state index in [0.717, 1.165) is 23.2 Å². The molecule has 0 radical (unpaired) electrons. The zero-order valence-corrected chi connectivity index (χ0v) is 15.5. The van der Waals surface area contributed by atoms with Crippen molar-refractivity contribution in [2.45, 2.75) is 26.9 Å². The lowest BCUT2D eigenvalue weighted by atomic mass is 10.2. The van der Waals surface area contributed by atoms with Gasteiger partial charge in [-0.1, -0.05) is 0 Å². The SMILES string of the molecule is CC(=O)N1CCN(CCNc2nn3c(C(F)(F)F)nnc3c(C)c2C)CC1. The van der Waals surface area contributed by atoms with E-state index in [0.29, 0.717) is 37.6 Å². The van der Waals surface area contributed by atoms with E-state index in [1.807, 2.05) is 0 Å². The van der Waals surface area contributed by atoms with E-state index in [1.165, 1.54) is 0 Å². The molecule has 0 aromatic carbocycles. The average molecular weight is 385 g/mol. The van der Waals surface area contributed by atoms with Crippen LogP contribution in [0.15, 0.2) is 0 Å². The molecule has 0 unspecified atom stereocenters. The second-order valence-electron chi connectivity index (χ2n) is 6.63. The number of nitrogens with one attached hydrogen (secondary N) is 1. The van der Waals surface area contributed by atoms with Crippen LogP contribution in [0, 0.1) is 13.8 Å². The first-order valence-electron chi connectivity index (χ1n) is 8.70. The molecule has 0 saturated carbocycles. The van der Waals surface area contributed by atoms with Gasteiger partial charge in [0.1, 0.15) is 5.82 Å². The minimum Gasteiger partial charge on any atom is -0.367 e. The number of carbonyl (C=O) groups is 1. The van der Waals surface area contributed by atoms with E-state index < -0.39 is 12.0 Å². The maximum Gasteiger partial charge on any atom is 0.453 e. The average Bonchev–Trinajstić information content (AvgIpc) is 3.04. The van der Waals surface area contributed by atoms with Crippen LogP contribution in [0.1, 0.15) is 23.9 Å². The fourth-order valence-corrected chi connectivity index (χ4v) is 3.09. The number of aryl methyl sites for hydroxylation is 1. The number of aromatic nitrogens is 4. The zero-order chi connectivity index (χ0) is 19.8. The molecule has 1 aliphatic heterocycles. The molecule has 0 atom stereocenters. The number of fused-ring (bicyclic) bond motifs is 1. The van der Waals surface area contributed by atoms with Crippen molar-refractivity contribution < 1.29 is 18.0 Å². The van der Waals surface area contributed by atoms with Crippen LogP contribution in [0.25, 0.3) is 5.65 Å². The predicted octanol–water partition coefficient (Wildman–Crippen LogP) is 1.34. The molecule has 3 rings (SSSR count). The summed E-state index contributed by atoms with van der Waals surface area (Å²) in [6.07, 6.45) is -4.62. The summed E-state index contributed by atoms with van der Waals surface area (Å²) < 4.78 is 40.0. The van der Waals surface area contributed by atoms with E-state index in [2.05, 4.69) is 25.5 Å². The van der Waals surface area contributed by atoms with Gasteiger partial charge in [0.25, 0.3) is 5.82 Å². The fourth-order valence-electron chi connectivity index (χ4n) is 3.09. The molecule has 0 aliphatic carbocycles. The Balaban J connectivity index is 1.68. The monoisotopic (exact) mass is 385 g/mol. The highest BCUT2D eigenvalue weighted by Gasteiger charge is 2.38. The second kappa shape index (κ2) is 7.29. The standard InChI is InChI=1S/C16H22F3N7O/c1-10-11(2)14-21-22-15(16(17,18)19)26(14)23-13(10)20-4-5-24-6-8-25(9-7-24)12(3)27/h4-9H2,1-3H3,(H,20,23). The smallest absolute Gasteiger partial charge is 0.367 e. The molecule has 1 aliphatic rings. The summed E-state index contributed by atoms with van der Waals surface area (Å²) in [6, 6.07) is 0. The minimum absolute atomic E-state index is 0.0748. The van der Waals surface area contributed by atoms with Gasteiger partial charge in [-0.2, -0.15) is 17.7 Å². The van der Waals surface area contributed by atoms with Crippen LogP contribution in [0.5, 0.6) is 0 Å². The topological polar surface area (TPSA) is 78.7 Å². The summed E-state index contributed by atoms with van der Waals surface area (Å²) in [4.78, 5) is 15.4. The van der Waals surface area contributed by atoms with Gasteiger partial charge < -0.3 is 10.2 Å². The van der Waals surface area contributed by atoms with E-state index in [4.69, 9.17) is 0 Å². The van der Waals surface area contributed by atoms with Crippen molar-refractivity contribution in [3.05, 3.63) is 17.0 Å². The van der Waals surface area contributed by atoms with Crippen molar-refractivity contribution in [1.82, 2.24) is 29.6 Å². The second-order valence-corrected chi connectivity index (χ2v) is 6.63. The molecule has 1 saturated heterocycles. The third-order valence-electron chi connectivity index (χ3n) is 4.89. The van der Waals surface area contributed by atoms with Gasteiger partial charge in [-0.05, 0) is 19.4 Å². The van der Waals surface area contributed by atoms with Crippen LogP contribution < -0.4 is 5.32 Å². The van der Waals surface area contributed by atoms with Crippen molar-refractivity contribution >= 4 is 17.4 Å². The van der Waals surface area contributed by atoms with Crippen molar-refractivity contribution in [3.8, 4) is 0 Å². The number of rotatable bonds is 4. The third-order valence-corrected chi connectivity index (χ3v) is 4.89. The Kier molecular flexibility index (Phi) is 5.22. The van der Waals surface area contributed by atoms with Crippen molar-refractivity contribution in [2.24, 2.45) is 0 Å². The first-order valence-corrected chi connectivity index (χ1v) is 8.70. The first-order chi connectivity index (χ1) is 12.7. The van der Waals surface area contributed by atoms with Gasteiger partial charge >= 0.3 is 6.18 Å². The summed E-state index contributed by atoms with van der Waals surface area (Å²) >= 11 is 0. The normalized spacial score (nSPS) is 16.1. The molecule has 1 amide bonds. The van der Waals surface area contributed by atoms with Crippen molar-refractivity contribution in [2.75, 3.05) is 44.6 Å². The Bertz CT molecular complexity index is 841. The highest BCUT2D eigenvalue weighted by Crippen LogP contribution is 2.29. The quantitative estimate of drug-likeness (QED) is 0.856. The summed E-state index contributed by atoms with van der Waals surface area (Å²) in [6.45, 7) is 9.21. The summed E-state index contributed by atoms with van der Waals surface area (Å²) in [7, 11) is 0. The molecule has 8 nitrogen and oxygen atoms in total. The molecule has 0 spiro atoms. The van der Waals surface area contributed by atoms with Gasteiger partial charge in [-0.3, -0.25) is 9.69 Å². The van der Waals surface area contributed by atoms with Crippen LogP contribution >= 0.6 is 0 Å². The van der Waals surface area contributed by atoms with E-state index in [1.54, 1.807) is 25.7 Å². The number of carbonyl (C=O) groups excluding carboxylic acids is 1. The first kappa shape index (κ1) is 19.3.